The fourth-order valence-electron chi connectivity index (χ4n) is 1.96. The Kier molecular flexibility index (Phi) is 4.24. The van der Waals surface area contributed by atoms with Crippen LogP contribution in [0.1, 0.15) is 24.3 Å². The van der Waals surface area contributed by atoms with E-state index in [1.54, 1.807) is 17.4 Å². The highest BCUT2D eigenvalue weighted by Crippen LogP contribution is 2.29. The van der Waals surface area contributed by atoms with E-state index >= 15 is 0 Å². The Morgan fingerprint density at radius 3 is 2.76 bits per heavy atom. The number of nitrogens with one attached hydrogen (secondary N) is 1. The molecule has 108 valence electrons. The first kappa shape index (κ1) is 15.0. The topological polar surface area (TPSA) is 79.0 Å². The summed E-state index contributed by atoms with van der Waals surface area (Å²) in [6.07, 6.45) is 0. The second-order valence-electron chi connectivity index (χ2n) is 5.32. The summed E-state index contributed by atoms with van der Waals surface area (Å²) in [5, 5.41) is 25.1. The number of nitro benzene ring substituents is 1. The fraction of sp³-hybridized carbons (Fsp3) is 0.267. The lowest BCUT2D eigenvalue weighted by Crippen LogP contribution is -2.26. The van der Waals surface area contributed by atoms with Gasteiger partial charge < -0.3 is 5.32 Å². The van der Waals surface area contributed by atoms with Crippen molar-refractivity contribution in [3.05, 3.63) is 56.3 Å². The van der Waals surface area contributed by atoms with Crippen LogP contribution in [0.15, 0.2) is 35.7 Å². The normalized spacial score (nSPS) is 10.9. The Morgan fingerprint density at radius 2 is 2.19 bits per heavy atom. The van der Waals surface area contributed by atoms with Gasteiger partial charge in [-0.15, -0.1) is 11.3 Å². The van der Waals surface area contributed by atoms with E-state index in [1.165, 1.54) is 17.0 Å². The number of hydrogen-bond donors (Lipinski definition) is 1. The number of nitriles is 1. The van der Waals surface area contributed by atoms with Crippen LogP contribution >= 0.6 is 11.3 Å². The number of anilines is 1. The molecule has 0 amide bonds. The van der Waals surface area contributed by atoms with Gasteiger partial charge in [-0.3, -0.25) is 10.1 Å². The van der Waals surface area contributed by atoms with Gasteiger partial charge in [0.05, 0.1) is 4.92 Å². The van der Waals surface area contributed by atoms with E-state index in [2.05, 4.69) is 25.2 Å². The molecule has 0 spiro atoms. The molecule has 1 aromatic heterocycles. The highest BCUT2D eigenvalue weighted by atomic mass is 32.1. The monoisotopic (exact) mass is 301 g/mol. The molecule has 1 heterocycles. The SMILES string of the molecule is CC(C)(CNc1ccc(C#N)c([N+](=O)[O-])c1)c1cccs1. The first-order valence-corrected chi connectivity index (χ1v) is 7.28. The van der Waals surface area contributed by atoms with Gasteiger partial charge in [-0.05, 0) is 23.6 Å². The van der Waals surface area contributed by atoms with Crippen molar-refractivity contribution < 1.29 is 4.92 Å². The Labute approximate surface area is 127 Å². The fourth-order valence-corrected chi connectivity index (χ4v) is 2.81. The maximum absolute atomic E-state index is 10.9. The molecule has 0 unspecified atom stereocenters. The van der Waals surface area contributed by atoms with Crippen molar-refractivity contribution in [2.45, 2.75) is 19.3 Å². The molecule has 1 N–H and O–H groups in total. The van der Waals surface area contributed by atoms with E-state index in [4.69, 9.17) is 5.26 Å². The van der Waals surface area contributed by atoms with Gasteiger partial charge in [0, 0.05) is 28.6 Å². The van der Waals surface area contributed by atoms with Gasteiger partial charge in [-0.25, -0.2) is 0 Å². The lowest BCUT2D eigenvalue weighted by molar-refractivity contribution is -0.385. The lowest BCUT2D eigenvalue weighted by Gasteiger charge is -2.24. The van der Waals surface area contributed by atoms with Crippen molar-refractivity contribution in [3.8, 4) is 6.07 Å². The summed E-state index contributed by atoms with van der Waals surface area (Å²) in [4.78, 5) is 11.7. The highest BCUT2D eigenvalue weighted by molar-refractivity contribution is 7.10. The summed E-state index contributed by atoms with van der Waals surface area (Å²) in [7, 11) is 0. The van der Waals surface area contributed by atoms with Crippen molar-refractivity contribution in [2.75, 3.05) is 11.9 Å². The number of hydrogen-bond acceptors (Lipinski definition) is 5. The third-order valence-corrected chi connectivity index (χ3v) is 4.47. The minimum absolute atomic E-state index is 0.0723. The second-order valence-corrected chi connectivity index (χ2v) is 6.26. The zero-order valence-electron chi connectivity index (χ0n) is 11.8. The summed E-state index contributed by atoms with van der Waals surface area (Å²) in [5.74, 6) is 0. The molecule has 0 saturated carbocycles. The molecular weight excluding hydrogens is 286 g/mol. The molecule has 1 aromatic carbocycles. The smallest absolute Gasteiger partial charge is 0.289 e. The van der Waals surface area contributed by atoms with Crippen molar-refractivity contribution in [1.29, 1.82) is 5.26 Å². The van der Waals surface area contributed by atoms with Crippen LogP contribution in [0.4, 0.5) is 11.4 Å². The van der Waals surface area contributed by atoms with Gasteiger partial charge in [0.15, 0.2) is 0 Å². The van der Waals surface area contributed by atoms with Crippen LogP contribution in [-0.4, -0.2) is 11.5 Å². The van der Waals surface area contributed by atoms with E-state index in [-0.39, 0.29) is 16.7 Å². The van der Waals surface area contributed by atoms with E-state index in [9.17, 15) is 10.1 Å². The van der Waals surface area contributed by atoms with Gasteiger partial charge in [-0.1, -0.05) is 19.9 Å². The molecule has 0 aliphatic rings. The molecule has 0 bridgehead atoms. The largest absolute Gasteiger partial charge is 0.384 e. The molecule has 0 saturated heterocycles. The minimum atomic E-state index is -0.534. The summed E-state index contributed by atoms with van der Waals surface area (Å²) in [6, 6.07) is 10.5. The van der Waals surface area contributed by atoms with E-state index in [0.717, 1.165) is 0 Å². The molecule has 2 aromatic rings. The maximum Gasteiger partial charge on any atom is 0.289 e. The average molecular weight is 301 g/mol. The predicted molar refractivity (Wildman–Crippen MR) is 83.6 cm³/mol. The Balaban J connectivity index is 2.16. The van der Waals surface area contributed by atoms with Crippen LogP contribution < -0.4 is 5.32 Å². The van der Waals surface area contributed by atoms with Crippen molar-refractivity contribution >= 4 is 22.7 Å². The van der Waals surface area contributed by atoms with Crippen LogP contribution in [0.5, 0.6) is 0 Å². The summed E-state index contributed by atoms with van der Waals surface area (Å²) >= 11 is 1.69. The van der Waals surface area contributed by atoms with Gasteiger partial charge in [-0.2, -0.15) is 5.26 Å². The molecule has 0 aliphatic carbocycles. The molecule has 0 fully saturated rings. The van der Waals surface area contributed by atoms with E-state index < -0.39 is 4.92 Å². The first-order chi connectivity index (χ1) is 9.94. The number of rotatable bonds is 5. The van der Waals surface area contributed by atoms with Crippen LogP contribution in [-0.2, 0) is 5.41 Å². The van der Waals surface area contributed by atoms with Crippen LogP contribution in [0.2, 0.25) is 0 Å². The zero-order chi connectivity index (χ0) is 15.5. The molecular formula is C15H15N3O2S. The number of nitrogens with zero attached hydrogens (tertiary/aromatic N) is 2. The summed E-state index contributed by atoms with van der Waals surface area (Å²) < 4.78 is 0. The number of benzene rings is 1. The first-order valence-electron chi connectivity index (χ1n) is 6.40. The maximum atomic E-state index is 10.9. The summed E-state index contributed by atoms with van der Waals surface area (Å²) in [6.45, 7) is 4.88. The quantitative estimate of drug-likeness (QED) is 0.670. The standard InChI is InChI=1S/C15H15N3O2S/c1-15(2,14-4-3-7-21-14)10-17-12-6-5-11(9-16)13(8-12)18(19)20/h3-8,17H,10H2,1-2H3. The van der Waals surface area contributed by atoms with Gasteiger partial charge in [0.25, 0.3) is 5.69 Å². The zero-order valence-corrected chi connectivity index (χ0v) is 12.6. The van der Waals surface area contributed by atoms with Crippen LogP contribution in [0.3, 0.4) is 0 Å². The molecule has 6 heteroatoms. The van der Waals surface area contributed by atoms with Crippen LogP contribution in [0.25, 0.3) is 0 Å². The lowest BCUT2D eigenvalue weighted by atomic mass is 9.91. The van der Waals surface area contributed by atoms with E-state index in [1.807, 2.05) is 17.5 Å². The Morgan fingerprint density at radius 1 is 1.43 bits per heavy atom. The number of nitro groups is 1. The van der Waals surface area contributed by atoms with Gasteiger partial charge in [0.1, 0.15) is 11.6 Å². The van der Waals surface area contributed by atoms with Gasteiger partial charge >= 0.3 is 0 Å². The summed E-state index contributed by atoms with van der Waals surface area (Å²) in [5.41, 5.74) is 0.474. The molecule has 0 atom stereocenters. The van der Waals surface area contributed by atoms with E-state index in [0.29, 0.717) is 12.2 Å². The Bertz CT molecular complexity index is 687. The van der Waals surface area contributed by atoms with Crippen molar-refractivity contribution in [2.24, 2.45) is 0 Å². The highest BCUT2D eigenvalue weighted by Gasteiger charge is 2.22. The Hall–Kier alpha value is -2.39. The van der Waals surface area contributed by atoms with Crippen molar-refractivity contribution in [1.82, 2.24) is 0 Å². The van der Waals surface area contributed by atoms with Gasteiger partial charge in [0.2, 0.25) is 0 Å². The van der Waals surface area contributed by atoms with Crippen LogP contribution in [0, 0.1) is 21.4 Å². The molecule has 21 heavy (non-hydrogen) atoms. The number of thiophene rings is 1. The second kappa shape index (κ2) is 5.94. The molecule has 0 radical (unpaired) electrons. The third kappa shape index (κ3) is 3.38. The molecule has 5 nitrogen and oxygen atoms in total. The average Bonchev–Trinajstić information content (AvgIpc) is 3.00. The minimum Gasteiger partial charge on any atom is -0.384 e. The van der Waals surface area contributed by atoms with Crippen molar-refractivity contribution in [3.63, 3.8) is 0 Å². The third-order valence-electron chi connectivity index (χ3n) is 3.24. The molecule has 2 rings (SSSR count). The molecule has 0 aliphatic heterocycles. The predicted octanol–water partition coefficient (Wildman–Crippen LogP) is 3.92.